The molecule has 1 saturated heterocycles. The molecule has 1 fully saturated rings. The number of hydrazine groups is 1. The van der Waals surface area contributed by atoms with Gasteiger partial charge in [-0.05, 0) is 41.1 Å². The summed E-state index contributed by atoms with van der Waals surface area (Å²) in [7, 11) is 1.61. The number of rotatable bonds is 3. The van der Waals surface area contributed by atoms with Crippen molar-refractivity contribution >= 4 is 56.5 Å². The smallest absolute Gasteiger partial charge is 0.320 e. The lowest BCUT2D eigenvalue weighted by Gasteiger charge is -2.42. The first-order chi connectivity index (χ1) is 17.3. The van der Waals surface area contributed by atoms with Crippen LogP contribution in [0.3, 0.4) is 0 Å². The highest BCUT2D eigenvalue weighted by atomic mass is 79.9. The number of urea groups is 1. The van der Waals surface area contributed by atoms with Gasteiger partial charge in [0.25, 0.3) is 6.17 Å². The molecule has 2 N–H and O–H groups in total. The van der Waals surface area contributed by atoms with E-state index >= 15 is 0 Å². The van der Waals surface area contributed by atoms with Gasteiger partial charge >= 0.3 is 17.8 Å². The Hall–Kier alpha value is -3.86. The molecule has 0 aromatic heterocycles. The van der Waals surface area contributed by atoms with E-state index in [-0.39, 0.29) is 0 Å². The molecule has 36 heavy (non-hydrogen) atoms. The second kappa shape index (κ2) is 7.82. The summed E-state index contributed by atoms with van der Waals surface area (Å²) in [5, 5.41) is 2.32. The molecule has 4 amide bonds. The molecular formula is C26H22BrN6O3+. The minimum absolute atomic E-state index is 0.421. The van der Waals surface area contributed by atoms with Gasteiger partial charge in [-0.15, -0.1) is 9.60 Å². The van der Waals surface area contributed by atoms with Crippen LogP contribution in [0.4, 0.5) is 21.9 Å². The van der Waals surface area contributed by atoms with E-state index < -0.39 is 34.6 Å². The number of carbonyl (C=O) groups is 3. The predicted octanol–water partition coefficient (Wildman–Crippen LogP) is 3.68. The number of amides is 4. The van der Waals surface area contributed by atoms with E-state index in [1.54, 1.807) is 25.2 Å². The van der Waals surface area contributed by atoms with Crippen molar-refractivity contribution in [3.8, 4) is 0 Å². The number of anilines is 2. The topological polar surface area (TPSA) is 99.3 Å². The average molecular weight is 546 g/mol. The van der Waals surface area contributed by atoms with Gasteiger partial charge in [-0.1, -0.05) is 53.6 Å². The van der Waals surface area contributed by atoms with Crippen molar-refractivity contribution < 1.29 is 14.4 Å². The van der Waals surface area contributed by atoms with Crippen molar-refractivity contribution in [1.82, 2.24) is 14.7 Å². The largest absolute Gasteiger partial charge is 0.391 e. The van der Waals surface area contributed by atoms with Crippen LogP contribution in [0.1, 0.15) is 18.1 Å². The fraction of sp³-hybridized carbons (Fsp3) is 0.154. The highest BCUT2D eigenvalue weighted by Gasteiger charge is 2.67. The summed E-state index contributed by atoms with van der Waals surface area (Å²) in [5.41, 5.74) is 9.65. The van der Waals surface area contributed by atoms with Gasteiger partial charge in [0.2, 0.25) is 0 Å². The van der Waals surface area contributed by atoms with Crippen LogP contribution in [-0.4, -0.2) is 52.9 Å². The maximum Gasteiger partial charge on any atom is 0.391 e. The second-order valence-corrected chi connectivity index (χ2v) is 9.87. The summed E-state index contributed by atoms with van der Waals surface area (Å²) in [6.45, 7) is 1.53. The van der Waals surface area contributed by atoms with Gasteiger partial charge in [0, 0.05) is 16.1 Å². The Morgan fingerprint density at radius 3 is 2.36 bits per heavy atom. The molecule has 0 radical (unpaired) electrons. The number of quaternary nitrogens is 1. The minimum Gasteiger partial charge on any atom is -0.320 e. The molecule has 9 nitrogen and oxygen atoms in total. The van der Waals surface area contributed by atoms with Gasteiger partial charge < -0.3 is 5.73 Å². The first kappa shape index (κ1) is 22.6. The van der Waals surface area contributed by atoms with Crippen molar-refractivity contribution in [3.63, 3.8) is 0 Å². The number of carbonyl (C=O) groups excluding carboxylic acids is 3. The maximum atomic E-state index is 14.3. The van der Waals surface area contributed by atoms with Crippen LogP contribution >= 0.6 is 15.9 Å². The fourth-order valence-corrected chi connectivity index (χ4v) is 5.58. The van der Waals surface area contributed by atoms with Crippen LogP contribution in [0.5, 0.6) is 0 Å². The molecule has 0 spiro atoms. The highest BCUT2D eigenvalue weighted by Crippen LogP contribution is 2.49. The summed E-state index contributed by atoms with van der Waals surface area (Å²) in [4.78, 5) is 48.3. The average Bonchev–Trinajstić information content (AvgIpc) is 3.04. The summed E-state index contributed by atoms with van der Waals surface area (Å²) in [6, 6.07) is 20.7. The van der Waals surface area contributed by atoms with E-state index in [2.05, 4.69) is 15.9 Å². The van der Waals surface area contributed by atoms with Crippen LogP contribution in [0, 0.1) is 0 Å². The second-order valence-electron chi connectivity index (χ2n) is 9.02. The van der Waals surface area contributed by atoms with Crippen LogP contribution in [-0.2, 0) is 9.59 Å². The Kier molecular flexibility index (Phi) is 4.91. The molecule has 3 atom stereocenters. The molecule has 6 bridgehead atoms. The first-order valence-corrected chi connectivity index (χ1v) is 12.2. The zero-order valence-electron chi connectivity index (χ0n) is 19.5. The number of halogens is 1. The predicted molar refractivity (Wildman–Crippen MR) is 139 cm³/mol. The van der Waals surface area contributed by atoms with Gasteiger partial charge in [0.1, 0.15) is 7.05 Å². The standard InChI is InChI=1S/C26H22BrN6O3/c1-15(28)24(34)32-31-23-25(35)33(32,2)20-14-8-13-19(21(20)22(29-23)16-9-4-3-5-10-16)30(26(31)36)18-12-7-6-11-17(18)27/h3-15,23H,28H2,1-2H3/q+1/t15-,23?,33+/m0/s1. The molecule has 180 valence electrons. The lowest BCUT2D eigenvalue weighted by Crippen LogP contribution is -2.67. The van der Waals surface area contributed by atoms with E-state index in [1.807, 2.05) is 54.6 Å². The molecule has 4 aliphatic heterocycles. The zero-order chi connectivity index (χ0) is 25.4. The monoisotopic (exact) mass is 545 g/mol. The van der Waals surface area contributed by atoms with E-state index in [9.17, 15) is 14.4 Å². The number of likely N-dealkylation sites (N-methyl/N-ethyl adjacent to an activating group) is 1. The molecule has 3 aromatic carbocycles. The molecule has 7 rings (SSSR count). The van der Waals surface area contributed by atoms with E-state index in [4.69, 9.17) is 10.7 Å². The van der Waals surface area contributed by atoms with Gasteiger partial charge in [-0.3, -0.25) is 9.69 Å². The SMILES string of the molecule is C[C@H](N)C(=O)N1N2C(=O)N(c3ccccc3Br)c3cccc4c3C(c3ccccc3)=NC2C(=O)[N@@+]41C. The molecule has 1 unspecified atom stereocenters. The number of fused-ring (bicyclic) bond motifs is 1. The van der Waals surface area contributed by atoms with Crippen molar-refractivity contribution in [2.75, 3.05) is 11.9 Å². The fourth-order valence-electron chi connectivity index (χ4n) is 5.11. The molecule has 4 aliphatic rings. The first-order valence-electron chi connectivity index (χ1n) is 11.4. The summed E-state index contributed by atoms with van der Waals surface area (Å²) < 4.78 is 0.113. The van der Waals surface area contributed by atoms with Crippen molar-refractivity contribution in [1.29, 1.82) is 0 Å². The maximum absolute atomic E-state index is 14.3. The Morgan fingerprint density at radius 2 is 1.67 bits per heavy atom. The van der Waals surface area contributed by atoms with Gasteiger partial charge in [-0.25, -0.2) is 14.6 Å². The number of benzene rings is 3. The van der Waals surface area contributed by atoms with Gasteiger partial charge in [0.15, 0.2) is 5.69 Å². The van der Waals surface area contributed by atoms with Crippen LogP contribution in [0.15, 0.2) is 82.3 Å². The Labute approximate surface area is 215 Å². The number of hydrogen-bond acceptors (Lipinski definition) is 5. The van der Waals surface area contributed by atoms with Crippen molar-refractivity contribution in [3.05, 3.63) is 88.4 Å². The molecule has 4 heterocycles. The van der Waals surface area contributed by atoms with E-state index in [0.717, 1.165) is 15.7 Å². The summed E-state index contributed by atoms with van der Waals surface area (Å²) in [6.07, 6.45) is -1.26. The summed E-state index contributed by atoms with van der Waals surface area (Å²) >= 11 is 3.57. The van der Waals surface area contributed by atoms with E-state index in [0.29, 0.717) is 32.8 Å². The normalized spacial score (nSPS) is 22.9. The molecule has 0 saturated carbocycles. The summed E-state index contributed by atoms with van der Waals surface area (Å²) in [5.74, 6) is -0.985. The van der Waals surface area contributed by atoms with Crippen LogP contribution in [0.25, 0.3) is 0 Å². The van der Waals surface area contributed by atoms with Crippen molar-refractivity contribution in [2.45, 2.75) is 19.1 Å². The quantitative estimate of drug-likeness (QED) is 0.507. The van der Waals surface area contributed by atoms with Crippen LogP contribution < -0.4 is 15.2 Å². The third-order valence-corrected chi connectivity index (χ3v) is 7.47. The minimum atomic E-state index is -1.26. The number of hydrogen-bond donors (Lipinski definition) is 1. The molecular weight excluding hydrogens is 524 g/mol. The lowest BCUT2D eigenvalue weighted by atomic mass is 9.96. The Bertz CT molecular complexity index is 1490. The Morgan fingerprint density at radius 1 is 1.00 bits per heavy atom. The third-order valence-electron chi connectivity index (χ3n) is 6.80. The lowest BCUT2D eigenvalue weighted by molar-refractivity contribution is -0.166. The number of nitrogens with zero attached hydrogens (tertiary/aromatic N) is 5. The molecule has 3 aromatic rings. The van der Waals surface area contributed by atoms with Crippen LogP contribution in [0.2, 0.25) is 0 Å². The molecule has 0 aliphatic carbocycles. The zero-order valence-corrected chi connectivity index (χ0v) is 21.1. The number of para-hydroxylation sites is 1. The molecule has 10 heteroatoms. The Balaban J connectivity index is 1.77. The van der Waals surface area contributed by atoms with E-state index in [1.165, 1.54) is 11.8 Å². The van der Waals surface area contributed by atoms with Gasteiger partial charge in [0.05, 0.1) is 28.7 Å². The van der Waals surface area contributed by atoms with Crippen molar-refractivity contribution in [2.24, 2.45) is 10.7 Å². The number of nitrogens with two attached hydrogens (primary N) is 1. The van der Waals surface area contributed by atoms with Gasteiger partial charge in [-0.2, -0.15) is 0 Å². The number of aliphatic imine (C=N–C) groups is 1. The highest BCUT2D eigenvalue weighted by molar-refractivity contribution is 9.10. The third kappa shape index (κ3) is 2.83.